The molecule has 6 N–H and O–H groups in total. The van der Waals surface area contributed by atoms with Gasteiger partial charge in [-0.1, -0.05) is 6.08 Å². The summed E-state index contributed by atoms with van der Waals surface area (Å²) in [5.74, 6) is 0.701. The van der Waals surface area contributed by atoms with Crippen LogP contribution < -0.4 is 16.8 Å². The van der Waals surface area contributed by atoms with E-state index in [0.717, 1.165) is 25.3 Å². The first-order chi connectivity index (χ1) is 7.63. The molecule has 0 spiro atoms. The van der Waals surface area contributed by atoms with Crippen LogP contribution in [0.2, 0.25) is 0 Å². The van der Waals surface area contributed by atoms with E-state index < -0.39 is 0 Å². The van der Waals surface area contributed by atoms with Crippen molar-refractivity contribution in [3.8, 4) is 0 Å². The van der Waals surface area contributed by atoms with Gasteiger partial charge < -0.3 is 16.8 Å². The molecule has 0 aromatic carbocycles. The summed E-state index contributed by atoms with van der Waals surface area (Å²) >= 11 is 1.43. The largest absolute Gasteiger partial charge is 0.392 e. The van der Waals surface area contributed by atoms with Gasteiger partial charge in [0, 0.05) is 12.3 Å². The third-order valence-electron chi connectivity index (χ3n) is 1.69. The molecular formula is C10H19N5S. The average Bonchev–Trinajstić information content (AvgIpc) is 2.23. The molecule has 0 aliphatic rings. The normalized spacial score (nSPS) is 11.8. The maximum absolute atomic E-state index is 7.22. The highest BCUT2D eigenvalue weighted by Gasteiger charge is 2.04. The predicted molar refractivity (Wildman–Crippen MR) is 72.8 cm³/mol. The van der Waals surface area contributed by atoms with Crippen LogP contribution >= 0.6 is 11.8 Å². The Hall–Kier alpha value is -1.27. The van der Waals surface area contributed by atoms with E-state index in [1.54, 1.807) is 0 Å². The van der Waals surface area contributed by atoms with Crippen molar-refractivity contribution in [1.82, 2.24) is 5.32 Å². The zero-order valence-electron chi connectivity index (χ0n) is 9.33. The van der Waals surface area contributed by atoms with Gasteiger partial charge in [-0.05, 0) is 19.7 Å². The molecular weight excluding hydrogens is 222 g/mol. The predicted octanol–water partition coefficient (Wildman–Crippen LogP) is 0.650. The van der Waals surface area contributed by atoms with Crippen LogP contribution in [0.15, 0.2) is 28.4 Å². The van der Waals surface area contributed by atoms with E-state index in [1.165, 1.54) is 11.8 Å². The fourth-order valence-electron chi connectivity index (χ4n) is 0.948. The van der Waals surface area contributed by atoms with Crippen molar-refractivity contribution < 1.29 is 0 Å². The molecule has 0 aliphatic carbocycles. The third-order valence-corrected chi connectivity index (χ3v) is 2.69. The third kappa shape index (κ3) is 6.26. The molecule has 0 aromatic heterocycles. The number of nitrogens with one attached hydrogen (secondary N) is 2. The number of thioether (sulfide) groups is 1. The number of nitrogens with two attached hydrogens (primary N) is 2. The Morgan fingerprint density at radius 3 is 2.69 bits per heavy atom. The highest BCUT2D eigenvalue weighted by atomic mass is 32.2. The van der Waals surface area contributed by atoms with E-state index in [4.69, 9.17) is 16.9 Å². The van der Waals surface area contributed by atoms with Crippen molar-refractivity contribution in [2.24, 2.45) is 16.5 Å². The summed E-state index contributed by atoms with van der Waals surface area (Å²) in [4.78, 5) is 3.62. The Morgan fingerprint density at radius 1 is 1.50 bits per heavy atom. The highest BCUT2D eigenvalue weighted by molar-refractivity contribution is 8.03. The SMILES string of the molecule is C=CCNCCCSC(N)=C(N=C)C(=N)N. The van der Waals surface area contributed by atoms with Crippen molar-refractivity contribution in [3.05, 3.63) is 23.4 Å². The molecule has 0 rings (SSSR count). The lowest BCUT2D eigenvalue weighted by Gasteiger charge is -2.05. The van der Waals surface area contributed by atoms with E-state index in [-0.39, 0.29) is 11.5 Å². The summed E-state index contributed by atoms with van der Waals surface area (Å²) in [6, 6.07) is 0. The van der Waals surface area contributed by atoms with Crippen molar-refractivity contribution in [2.45, 2.75) is 6.42 Å². The molecule has 0 amide bonds. The Labute approximate surface area is 101 Å². The quantitative estimate of drug-likeness (QED) is 0.206. The van der Waals surface area contributed by atoms with Crippen molar-refractivity contribution in [1.29, 1.82) is 5.41 Å². The van der Waals surface area contributed by atoms with Gasteiger partial charge >= 0.3 is 0 Å². The van der Waals surface area contributed by atoms with Gasteiger partial charge in [-0.2, -0.15) is 0 Å². The van der Waals surface area contributed by atoms with Crippen LogP contribution in [0.4, 0.5) is 0 Å². The standard InChI is InChI=1S/C10H19N5S/c1-3-5-15-6-4-7-16-10(13)8(14-2)9(11)12/h3,15H,1-2,4-7,13H2,(H3,11,12). The topological polar surface area (TPSA) is 100 Å². The van der Waals surface area contributed by atoms with Crippen LogP contribution in [0.25, 0.3) is 0 Å². The summed E-state index contributed by atoms with van der Waals surface area (Å²) in [5.41, 5.74) is 11.3. The van der Waals surface area contributed by atoms with Gasteiger partial charge in [-0.15, -0.1) is 18.3 Å². The van der Waals surface area contributed by atoms with Crippen molar-refractivity contribution in [3.63, 3.8) is 0 Å². The van der Waals surface area contributed by atoms with Crippen LogP contribution in [-0.4, -0.2) is 31.4 Å². The Kier molecular flexibility index (Phi) is 8.28. The lowest BCUT2D eigenvalue weighted by molar-refractivity contribution is 0.734. The molecule has 5 nitrogen and oxygen atoms in total. The first-order valence-electron chi connectivity index (χ1n) is 4.88. The Balaban J connectivity index is 3.87. The summed E-state index contributed by atoms with van der Waals surface area (Å²) in [6.07, 6.45) is 2.79. The molecule has 0 saturated heterocycles. The highest BCUT2D eigenvalue weighted by Crippen LogP contribution is 2.15. The molecule has 90 valence electrons. The van der Waals surface area contributed by atoms with Gasteiger partial charge in [0.2, 0.25) is 0 Å². The second-order valence-corrected chi connectivity index (χ2v) is 4.12. The van der Waals surface area contributed by atoms with E-state index in [0.29, 0.717) is 5.03 Å². The molecule has 0 radical (unpaired) electrons. The average molecular weight is 241 g/mol. The monoisotopic (exact) mass is 241 g/mol. The number of rotatable bonds is 9. The second-order valence-electron chi connectivity index (χ2n) is 2.98. The van der Waals surface area contributed by atoms with E-state index in [9.17, 15) is 0 Å². The molecule has 0 aliphatic heterocycles. The van der Waals surface area contributed by atoms with E-state index in [2.05, 4.69) is 23.6 Å². The molecule has 16 heavy (non-hydrogen) atoms. The first kappa shape index (κ1) is 14.7. The summed E-state index contributed by atoms with van der Waals surface area (Å²) in [5, 5.41) is 10.9. The fraction of sp³-hybridized carbons (Fsp3) is 0.400. The molecule has 0 bridgehead atoms. The van der Waals surface area contributed by atoms with Gasteiger partial charge in [0.15, 0.2) is 0 Å². The van der Waals surface area contributed by atoms with Crippen molar-refractivity contribution >= 4 is 24.3 Å². The number of aliphatic imine (C=N–C) groups is 1. The zero-order chi connectivity index (χ0) is 12.4. The molecule has 0 saturated carbocycles. The van der Waals surface area contributed by atoms with Gasteiger partial charge in [0.25, 0.3) is 0 Å². The van der Waals surface area contributed by atoms with E-state index >= 15 is 0 Å². The van der Waals surface area contributed by atoms with Gasteiger partial charge in [0.1, 0.15) is 11.5 Å². The van der Waals surface area contributed by atoms with Crippen LogP contribution in [0.5, 0.6) is 0 Å². The molecule has 6 heteroatoms. The lowest BCUT2D eigenvalue weighted by atomic mass is 10.4. The lowest BCUT2D eigenvalue weighted by Crippen LogP contribution is -2.17. The fourth-order valence-corrected chi connectivity index (χ4v) is 1.77. The summed E-state index contributed by atoms with van der Waals surface area (Å²) in [7, 11) is 0. The molecule has 0 atom stereocenters. The molecule has 0 heterocycles. The Bertz CT molecular complexity index is 285. The smallest absolute Gasteiger partial charge is 0.144 e. The number of hydrogen-bond donors (Lipinski definition) is 4. The first-order valence-corrected chi connectivity index (χ1v) is 5.87. The second kappa shape index (κ2) is 8.99. The minimum absolute atomic E-state index is 0.148. The van der Waals surface area contributed by atoms with Crippen LogP contribution in [0.1, 0.15) is 6.42 Å². The van der Waals surface area contributed by atoms with Gasteiger partial charge in [-0.25, -0.2) is 0 Å². The van der Waals surface area contributed by atoms with Gasteiger partial charge in [0.05, 0.1) is 5.03 Å². The molecule has 0 unspecified atom stereocenters. The molecule has 0 fully saturated rings. The van der Waals surface area contributed by atoms with Crippen LogP contribution in [0, 0.1) is 5.41 Å². The summed E-state index contributed by atoms with van der Waals surface area (Å²) < 4.78 is 0. The van der Waals surface area contributed by atoms with Crippen LogP contribution in [0.3, 0.4) is 0 Å². The van der Waals surface area contributed by atoms with Gasteiger partial charge in [-0.3, -0.25) is 10.4 Å². The number of nitrogens with zero attached hydrogens (tertiary/aromatic N) is 1. The maximum Gasteiger partial charge on any atom is 0.144 e. The Morgan fingerprint density at radius 2 is 2.19 bits per heavy atom. The maximum atomic E-state index is 7.22. The summed E-state index contributed by atoms with van der Waals surface area (Å²) in [6.45, 7) is 8.65. The molecule has 0 aromatic rings. The number of amidine groups is 1. The zero-order valence-corrected chi connectivity index (χ0v) is 10.1. The minimum atomic E-state index is -0.148. The van der Waals surface area contributed by atoms with E-state index in [1.807, 2.05) is 6.08 Å². The minimum Gasteiger partial charge on any atom is -0.392 e. The van der Waals surface area contributed by atoms with Crippen molar-refractivity contribution in [2.75, 3.05) is 18.8 Å². The number of hydrogen-bond acceptors (Lipinski definition) is 5. The van der Waals surface area contributed by atoms with Crippen LogP contribution in [-0.2, 0) is 0 Å².